The van der Waals surface area contributed by atoms with E-state index >= 15 is 0 Å². The monoisotopic (exact) mass is 480 g/mol. The third-order valence-corrected chi connectivity index (χ3v) is 9.08. The van der Waals surface area contributed by atoms with Gasteiger partial charge in [0.2, 0.25) is 15.9 Å². The molecule has 32 heavy (non-hydrogen) atoms. The van der Waals surface area contributed by atoms with E-state index in [0.717, 1.165) is 36.4 Å². The van der Waals surface area contributed by atoms with Crippen molar-refractivity contribution in [3.63, 3.8) is 0 Å². The van der Waals surface area contributed by atoms with Crippen LogP contribution in [0.15, 0.2) is 28.3 Å². The van der Waals surface area contributed by atoms with Gasteiger partial charge in [-0.1, -0.05) is 25.1 Å². The van der Waals surface area contributed by atoms with E-state index in [1.165, 1.54) is 11.8 Å². The van der Waals surface area contributed by atoms with Crippen molar-refractivity contribution in [1.29, 1.82) is 0 Å². The van der Waals surface area contributed by atoms with E-state index in [9.17, 15) is 13.2 Å². The van der Waals surface area contributed by atoms with Gasteiger partial charge in [-0.2, -0.15) is 4.31 Å². The smallest absolute Gasteiger partial charge is 0.243 e. The maximum atomic E-state index is 13.1. The molecule has 2 fully saturated rings. The molecule has 0 radical (unpaired) electrons. The van der Waals surface area contributed by atoms with Gasteiger partial charge in [-0.25, -0.2) is 13.4 Å². The maximum Gasteiger partial charge on any atom is 0.243 e. The summed E-state index contributed by atoms with van der Waals surface area (Å²) in [6, 6.07) is 5.19. The van der Waals surface area contributed by atoms with Crippen LogP contribution in [0.25, 0.3) is 11.0 Å². The SMILES string of the molecule is CCC1CN(C(=O)CSc2nc3cc(S(=O)(=O)N4CCCCC4)ccc3n2CC)CCO1. The number of nitrogens with zero attached hydrogens (tertiary/aromatic N) is 4. The average molecular weight is 481 g/mol. The van der Waals surface area contributed by atoms with Gasteiger partial charge in [0.1, 0.15) is 0 Å². The number of hydrogen-bond donors (Lipinski definition) is 0. The number of hydrogen-bond acceptors (Lipinski definition) is 6. The topological polar surface area (TPSA) is 84.7 Å². The number of benzene rings is 1. The highest BCUT2D eigenvalue weighted by atomic mass is 32.2. The lowest BCUT2D eigenvalue weighted by molar-refractivity contribution is -0.135. The summed E-state index contributed by atoms with van der Waals surface area (Å²) in [5.74, 6) is 0.387. The summed E-state index contributed by atoms with van der Waals surface area (Å²) in [6.45, 7) is 7.78. The molecule has 8 nitrogen and oxygen atoms in total. The van der Waals surface area contributed by atoms with Gasteiger partial charge in [0.15, 0.2) is 5.16 Å². The molecule has 2 saturated heterocycles. The fourth-order valence-corrected chi connectivity index (χ4v) is 6.85. The molecule has 1 aromatic heterocycles. The Labute approximate surface area is 194 Å². The lowest BCUT2D eigenvalue weighted by atomic mass is 10.2. The van der Waals surface area contributed by atoms with E-state index in [2.05, 4.69) is 6.92 Å². The van der Waals surface area contributed by atoms with Crippen molar-refractivity contribution in [1.82, 2.24) is 18.8 Å². The van der Waals surface area contributed by atoms with Crippen molar-refractivity contribution in [2.75, 3.05) is 38.5 Å². The number of fused-ring (bicyclic) bond motifs is 1. The fraction of sp³-hybridized carbons (Fsp3) is 0.636. The van der Waals surface area contributed by atoms with Crippen molar-refractivity contribution >= 4 is 38.7 Å². The van der Waals surface area contributed by atoms with Gasteiger partial charge < -0.3 is 14.2 Å². The first-order valence-corrected chi connectivity index (χ1v) is 13.9. The van der Waals surface area contributed by atoms with Crippen molar-refractivity contribution in [3.8, 4) is 0 Å². The molecular weight excluding hydrogens is 448 g/mol. The van der Waals surface area contributed by atoms with Crippen molar-refractivity contribution in [2.24, 2.45) is 0 Å². The zero-order chi connectivity index (χ0) is 22.7. The summed E-state index contributed by atoms with van der Waals surface area (Å²) >= 11 is 1.41. The van der Waals surface area contributed by atoms with E-state index in [-0.39, 0.29) is 12.0 Å². The van der Waals surface area contributed by atoms with E-state index in [1.807, 2.05) is 22.5 Å². The highest BCUT2D eigenvalue weighted by molar-refractivity contribution is 7.99. The molecule has 1 atom stereocenters. The number of aryl methyl sites for hydroxylation is 1. The molecule has 1 amide bonds. The van der Waals surface area contributed by atoms with Gasteiger partial charge in [0.05, 0.1) is 34.4 Å². The molecule has 1 aromatic carbocycles. The largest absolute Gasteiger partial charge is 0.375 e. The molecule has 10 heteroatoms. The second-order valence-electron chi connectivity index (χ2n) is 8.28. The Morgan fingerprint density at radius 3 is 2.69 bits per heavy atom. The Morgan fingerprint density at radius 1 is 1.19 bits per heavy atom. The Hall–Kier alpha value is -1.62. The third-order valence-electron chi connectivity index (χ3n) is 6.23. The van der Waals surface area contributed by atoms with Crippen LogP contribution in [0, 0.1) is 0 Å². The highest BCUT2D eigenvalue weighted by Crippen LogP contribution is 2.28. The molecule has 0 bridgehead atoms. The van der Waals surface area contributed by atoms with Crippen molar-refractivity contribution in [3.05, 3.63) is 18.2 Å². The minimum Gasteiger partial charge on any atom is -0.375 e. The Bertz CT molecular complexity index is 1060. The van der Waals surface area contributed by atoms with E-state index in [4.69, 9.17) is 9.72 Å². The first-order valence-electron chi connectivity index (χ1n) is 11.5. The number of morpholine rings is 1. The van der Waals surface area contributed by atoms with Crippen LogP contribution in [0.4, 0.5) is 0 Å². The lowest BCUT2D eigenvalue weighted by Crippen LogP contribution is -2.46. The molecule has 0 spiro atoms. The van der Waals surface area contributed by atoms with Gasteiger partial charge >= 0.3 is 0 Å². The number of rotatable bonds is 7. The predicted octanol–water partition coefficient (Wildman–Crippen LogP) is 2.96. The maximum absolute atomic E-state index is 13.1. The molecule has 176 valence electrons. The number of ether oxygens (including phenoxy) is 1. The van der Waals surface area contributed by atoms with Crippen LogP contribution in [0.3, 0.4) is 0 Å². The summed E-state index contributed by atoms with van der Waals surface area (Å²) in [5, 5.41) is 0.740. The zero-order valence-electron chi connectivity index (χ0n) is 18.8. The molecule has 0 aliphatic carbocycles. The molecule has 0 saturated carbocycles. The molecule has 2 aromatic rings. The Kier molecular flexibility index (Phi) is 7.44. The first kappa shape index (κ1) is 23.5. The number of aromatic nitrogens is 2. The van der Waals surface area contributed by atoms with E-state index < -0.39 is 10.0 Å². The number of carbonyl (C=O) groups is 1. The molecule has 2 aliphatic rings. The van der Waals surface area contributed by atoms with Crippen LogP contribution >= 0.6 is 11.8 Å². The molecule has 2 aliphatic heterocycles. The van der Waals surface area contributed by atoms with Gasteiger partial charge in [0.25, 0.3) is 0 Å². The number of sulfonamides is 1. The number of piperidine rings is 1. The zero-order valence-corrected chi connectivity index (χ0v) is 20.5. The summed E-state index contributed by atoms with van der Waals surface area (Å²) < 4.78 is 35.4. The second-order valence-corrected chi connectivity index (χ2v) is 11.2. The van der Waals surface area contributed by atoms with E-state index in [1.54, 1.807) is 16.4 Å². The van der Waals surface area contributed by atoms with Crippen LogP contribution < -0.4 is 0 Å². The third kappa shape index (κ3) is 4.83. The second kappa shape index (κ2) is 10.1. The molecule has 1 unspecified atom stereocenters. The number of imidazole rings is 1. The number of amides is 1. The molecular formula is C22H32N4O4S2. The summed E-state index contributed by atoms with van der Waals surface area (Å²) in [5.41, 5.74) is 1.54. The van der Waals surface area contributed by atoms with Crippen LogP contribution in [-0.2, 0) is 26.1 Å². The predicted molar refractivity (Wildman–Crippen MR) is 125 cm³/mol. The normalized spacial score (nSPS) is 20.7. The Morgan fingerprint density at radius 2 is 1.97 bits per heavy atom. The average Bonchev–Trinajstić information content (AvgIpc) is 3.19. The minimum atomic E-state index is -3.51. The van der Waals surface area contributed by atoms with Crippen LogP contribution in [0.5, 0.6) is 0 Å². The lowest BCUT2D eigenvalue weighted by Gasteiger charge is -2.32. The van der Waals surface area contributed by atoms with Gasteiger partial charge in [0, 0.05) is 32.7 Å². The Balaban J connectivity index is 1.52. The summed E-state index contributed by atoms with van der Waals surface area (Å²) in [6.07, 6.45) is 3.89. The number of carbonyl (C=O) groups excluding carboxylic acids is 1. The van der Waals surface area contributed by atoms with Gasteiger partial charge in [-0.05, 0) is 44.4 Å². The van der Waals surface area contributed by atoms with Crippen LogP contribution in [-0.4, -0.2) is 77.7 Å². The minimum absolute atomic E-state index is 0.0832. The van der Waals surface area contributed by atoms with Gasteiger partial charge in [-0.15, -0.1) is 0 Å². The summed E-state index contributed by atoms with van der Waals surface area (Å²) in [7, 11) is -3.51. The molecule has 0 N–H and O–H groups in total. The standard InChI is InChI=1S/C22H32N4O4S2/c1-3-17-15-24(12-13-30-17)21(27)16-31-22-23-19-14-18(8-9-20(19)26(22)4-2)32(28,29)25-10-6-5-7-11-25/h8-9,14,17H,3-7,10-13,15-16H2,1-2H3. The number of thioether (sulfide) groups is 1. The summed E-state index contributed by atoms with van der Waals surface area (Å²) in [4.78, 5) is 19.6. The highest BCUT2D eigenvalue weighted by Gasteiger charge is 2.27. The fourth-order valence-electron chi connectivity index (χ4n) is 4.33. The van der Waals surface area contributed by atoms with Crippen molar-refractivity contribution in [2.45, 2.75) is 62.2 Å². The van der Waals surface area contributed by atoms with Crippen LogP contribution in [0.1, 0.15) is 39.5 Å². The van der Waals surface area contributed by atoms with Crippen molar-refractivity contribution < 1.29 is 17.9 Å². The first-order chi connectivity index (χ1) is 15.4. The molecule has 4 rings (SSSR count). The van der Waals surface area contributed by atoms with E-state index in [0.29, 0.717) is 55.5 Å². The molecule has 3 heterocycles. The van der Waals surface area contributed by atoms with Gasteiger partial charge in [-0.3, -0.25) is 4.79 Å². The van der Waals surface area contributed by atoms with Crippen LogP contribution in [0.2, 0.25) is 0 Å². The quantitative estimate of drug-likeness (QED) is 0.567.